The predicted octanol–water partition coefficient (Wildman–Crippen LogP) is 0.652. The minimum atomic E-state index is -0.390. The van der Waals surface area contributed by atoms with Gasteiger partial charge < -0.3 is 15.0 Å². The molecule has 1 amide bonds. The second kappa shape index (κ2) is 4.10. The SMILES string of the molecule is CC(C)(C)OC(=O)N1CC2C(C1)N2C1CCNC1. The van der Waals surface area contributed by atoms with E-state index < -0.39 is 0 Å². The molecule has 0 spiro atoms. The standard InChI is InChI=1S/C13H23N3O2/c1-13(2,3)18-12(17)15-7-10-11(8-15)16(10)9-4-5-14-6-9/h9-11,14H,4-8H2,1-3H3. The van der Waals surface area contributed by atoms with Gasteiger partial charge in [0.2, 0.25) is 0 Å². The topological polar surface area (TPSA) is 44.6 Å². The predicted molar refractivity (Wildman–Crippen MR) is 68.5 cm³/mol. The largest absolute Gasteiger partial charge is 0.444 e. The van der Waals surface area contributed by atoms with E-state index in [4.69, 9.17) is 4.74 Å². The lowest BCUT2D eigenvalue weighted by molar-refractivity contribution is 0.0253. The van der Waals surface area contributed by atoms with Gasteiger partial charge in [-0.25, -0.2) is 4.79 Å². The Morgan fingerprint density at radius 3 is 2.44 bits per heavy atom. The molecule has 0 saturated carbocycles. The highest BCUT2D eigenvalue weighted by atomic mass is 16.6. The van der Waals surface area contributed by atoms with Gasteiger partial charge in [0.05, 0.1) is 0 Å². The highest BCUT2D eigenvalue weighted by Crippen LogP contribution is 2.39. The van der Waals surface area contributed by atoms with Crippen molar-refractivity contribution in [1.29, 1.82) is 0 Å². The highest BCUT2D eigenvalue weighted by molar-refractivity contribution is 5.69. The van der Waals surface area contributed by atoms with Crippen molar-refractivity contribution in [3.8, 4) is 0 Å². The molecule has 3 aliphatic rings. The lowest BCUT2D eigenvalue weighted by Crippen LogP contribution is -2.41. The third kappa shape index (κ3) is 2.21. The zero-order chi connectivity index (χ0) is 12.9. The van der Waals surface area contributed by atoms with Gasteiger partial charge in [0.1, 0.15) is 5.60 Å². The molecule has 3 unspecified atom stereocenters. The molecule has 102 valence electrons. The number of piperazine rings is 1. The van der Waals surface area contributed by atoms with E-state index >= 15 is 0 Å². The molecule has 0 aromatic rings. The van der Waals surface area contributed by atoms with Crippen LogP contribution >= 0.6 is 0 Å². The molecule has 3 atom stereocenters. The normalized spacial score (nSPS) is 38.7. The van der Waals surface area contributed by atoms with E-state index in [1.165, 1.54) is 6.42 Å². The Bertz CT molecular complexity index is 335. The number of rotatable bonds is 1. The van der Waals surface area contributed by atoms with Crippen LogP contribution < -0.4 is 5.32 Å². The summed E-state index contributed by atoms with van der Waals surface area (Å²) in [5.74, 6) is 0. The van der Waals surface area contributed by atoms with Crippen molar-refractivity contribution in [2.24, 2.45) is 0 Å². The van der Waals surface area contributed by atoms with E-state index in [1.807, 2.05) is 25.7 Å². The van der Waals surface area contributed by atoms with Crippen molar-refractivity contribution in [2.45, 2.75) is 50.9 Å². The second-order valence-corrected chi connectivity index (χ2v) is 6.61. The number of nitrogens with zero attached hydrogens (tertiary/aromatic N) is 2. The van der Waals surface area contributed by atoms with Gasteiger partial charge >= 0.3 is 6.09 Å². The van der Waals surface area contributed by atoms with Crippen LogP contribution in [0.3, 0.4) is 0 Å². The molecule has 0 aromatic heterocycles. The first kappa shape index (κ1) is 12.2. The van der Waals surface area contributed by atoms with Gasteiger partial charge in [0.25, 0.3) is 0 Å². The molecule has 3 fully saturated rings. The molecule has 3 saturated heterocycles. The molecular weight excluding hydrogens is 230 g/mol. The molecule has 18 heavy (non-hydrogen) atoms. The third-order valence-electron chi connectivity index (χ3n) is 4.04. The Labute approximate surface area is 108 Å². The summed E-state index contributed by atoms with van der Waals surface area (Å²) in [6.45, 7) is 9.68. The van der Waals surface area contributed by atoms with Gasteiger partial charge in [-0.3, -0.25) is 4.90 Å². The number of ether oxygens (including phenoxy) is 1. The smallest absolute Gasteiger partial charge is 0.410 e. The first-order chi connectivity index (χ1) is 8.46. The summed E-state index contributed by atoms with van der Waals surface area (Å²) < 4.78 is 5.41. The van der Waals surface area contributed by atoms with Crippen LogP contribution in [-0.4, -0.2) is 65.8 Å². The van der Waals surface area contributed by atoms with Crippen molar-refractivity contribution in [1.82, 2.24) is 15.1 Å². The number of nitrogens with one attached hydrogen (secondary N) is 1. The Morgan fingerprint density at radius 1 is 1.28 bits per heavy atom. The van der Waals surface area contributed by atoms with Crippen LogP contribution in [-0.2, 0) is 4.74 Å². The number of carbonyl (C=O) groups excluding carboxylic acids is 1. The van der Waals surface area contributed by atoms with Crippen LogP contribution in [0.5, 0.6) is 0 Å². The number of likely N-dealkylation sites (tertiary alicyclic amines) is 1. The average molecular weight is 253 g/mol. The Balaban J connectivity index is 1.50. The quantitative estimate of drug-likeness (QED) is 0.697. The lowest BCUT2D eigenvalue weighted by atomic mass is 10.2. The fraction of sp³-hybridized carbons (Fsp3) is 0.923. The molecule has 0 aliphatic carbocycles. The van der Waals surface area contributed by atoms with E-state index in [-0.39, 0.29) is 11.7 Å². The zero-order valence-electron chi connectivity index (χ0n) is 11.5. The van der Waals surface area contributed by atoms with Gasteiger partial charge in [-0.1, -0.05) is 0 Å². The van der Waals surface area contributed by atoms with E-state index in [0.717, 1.165) is 26.2 Å². The van der Waals surface area contributed by atoms with Crippen LogP contribution in [0.15, 0.2) is 0 Å². The summed E-state index contributed by atoms with van der Waals surface area (Å²) in [4.78, 5) is 16.4. The van der Waals surface area contributed by atoms with Gasteiger partial charge in [0, 0.05) is 37.8 Å². The van der Waals surface area contributed by atoms with Crippen molar-refractivity contribution in [3.63, 3.8) is 0 Å². The first-order valence-corrected chi connectivity index (χ1v) is 6.92. The maximum absolute atomic E-state index is 11.9. The van der Waals surface area contributed by atoms with Gasteiger partial charge in [-0.2, -0.15) is 0 Å². The molecule has 5 nitrogen and oxygen atoms in total. The van der Waals surface area contributed by atoms with Crippen LogP contribution in [0, 0.1) is 0 Å². The summed E-state index contributed by atoms with van der Waals surface area (Å²) in [5.41, 5.74) is -0.390. The molecule has 0 bridgehead atoms. The van der Waals surface area contributed by atoms with Crippen molar-refractivity contribution >= 4 is 6.09 Å². The first-order valence-electron chi connectivity index (χ1n) is 6.92. The molecule has 3 heterocycles. The van der Waals surface area contributed by atoms with Crippen LogP contribution in [0.4, 0.5) is 4.79 Å². The fourth-order valence-corrected chi connectivity index (χ4v) is 3.23. The maximum Gasteiger partial charge on any atom is 0.410 e. The average Bonchev–Trinajstić information content (AvgIpc) is 2.76. The van der Waals surface area contributed by atoms with Gasteiger partial charge in [-0.15, -0.1) is 0 Å². The molecule has 5 heteroatoms. The molecular formula is C13H23N3O2. The number of hydrogen-bond acceptors (Lipinski definition) is 4. The van der Waals surface area contributed by atoms with Crippen LogP contribution in [0.1, 0.15) is 27.2 Å². The summed E-state index contributed by atoms with van der Waals surface area (Å²) in [5, 5.41) is 3.40. The molecule has 0 aromatic carbocycles. The monoisotopic (exact) mass is 253 g/mol. The summed E-state index contributed by atoms with van der Waals surface area (Å²) in [6, 6.07) is 1.87. The molecule has 3 aliphatic heterocycles. The van der Waals surface area contributed by atoms with E-state index in [9.17, 15) is 4.79 Å². The van der Waals surface area contributed by atoms with Crippen molar-refractivity contribution in [3.05, 3.63) is 0 Å². The maximum atomic E-state index is 11.9. The van der Waals surface area contributed by atoms with Crippen LogP contribution in [0.2, 0.25) is 0 Å². The fourth-order valence-electron chi connectivity index (χ4n) is 3.23. The number of amides is 1. The number of carbonyl (C=O) groups is 1. The van der Waals surface area contributed by atoms with E-state index in [0.29, 0.717) is 18.1 Å². The van der Waals surface area contributed by atoms with E-state index in [1.54, 1.807) is 0 Å². The molecule has 3 rings (SSSR count). The Morgan fingerprint density at radius 2 is 1.94 bits per heavy atom. The highest BCUT2D eigenvalue weighted by Gasteiger charge is 2.57. The van der Waals surface area contributed by atoms with Crippen molar-refractivity contribution < 1.29 is 9.53 Å². The molecule has 1 N–H and O–H groups in total. The lowest BCUT2D eigenvalue weighted by Gasteiger charge is -2.27. The van der Waals surface area contributed by atoms with E-state index in [2.05, 4.69) is 10.2 Å². The van der Waals surface area contributed by atoms with Gasteiger partial charge in [0.15, 0.2) is 0 Å². The summed E-state index contributed by atoms with van der Waals surface area (Å²) in [7, 11) is 0. The minimum Gasteiger partial charge on any atom is -0.444 e. The number of hydrogen-bond donors (Lipinski definition) is 1. The zero-order valence-corrected chi connectivity index (χ0v) is 11.5. The molecule has 0 radical (unpaired) electrons. The van der Waals surface area contributed by atoms with Gasteiger partial charge in [-0.05, 0) is 33.7 Å². The summed E-state index contributed by atoms with van der Waals surface area (Å²) >= 11 is 0. The van der Waals surface area contributed by atoms with Crippen LogP contribution in [0.25, 0.3) is 0 Å². The second-order valence-electron chi connectivity index (χ2n) is 6.61. The summed E-state index contributed by atoms with van der Waals surface area (Å²) in [6.07, 6.45) is 1.10. The third-order valence-corrected chi connectivity index (χ3v) is 4.04. The number of fused-ring (bicyclic) bond motifs is 1. The Kier molecular flexibility index (Phi) is 2.79. The minimum absolute atomic E-state index is 0.154. The van der Waals surface area contributed by atoms with Crippen molar-refractivity contribution in [2.75, 3.05) is 26.2 Å². The Hall–Kier alpha value is -0.810.